The molecule has 1 aliphatic rings. The third-order valence-corrected chi connectivity index (χ3v) is 5.17. The summed E-state index contributed by atoms with van der Waals surface area (Å²) in [5.74, 6) is 0.0196. The number of carbonyl (C=O) groups is 1. The fourth-order valence-electron chi connectivity index (χ4n) is 2.28. The van der Waals surface area contributed by atoms with E-state index in [0.717, 1.165) is 9.87 Å². The zero-order valence-corrected chi connectivity index (χ0v) is 12.3. The predicted octanol–water partition coefficient (Wildman–Crippen LogP) is 1.83. The zero-order chi connectivity index (χ0) is 15.0. The minimum atomic E-state index is -3.50. The Hall–Kier alpha value is -2.15. The number of carbonyl (C=O) groups excluding carboxylic acids is 1. The van der Waals surface area contributed by atoms with Gasteiger partial charge in [0.25, 0.3) is 5.91 Å². The maximum absolute atomic E-state index is 12.4. The van der Waals surface area contributed by atoms with Crippen molar-refractivity contribution in [2.45, 2.75) is 13.3 Å². The molecule has 0 radical (unpaired) electrons. The predicted molar refractivity (Wildman–Crippen MR) is 76.1 cm³/mol. The van der Waals surface area contributed by atoms with Gasteiger partial charge in [0, 0.05) is 12.1 Å². The van der Waals surface area contributed by atoms with Gasteiger partial charge in [-0.15, -0.1) is 0 Å². The minimum absolute atomic E-state index is 0.00117. The van der Waals surface area contributed by atoms with E-state index in [1.807, 2.05) is 30.3 Å². The van der Waals surface area contributed by atoms with E-state index in [1.165, 1.54) is 0 Å². The Balaban J connectivity index is 1.97. The van der Waals surface area contributed by atoms with Crippen molar-refractivity contribution < 1.29 is 17.6 Å². The average molecular weight is 306 g/mol. The van der Waals surface area contributed by atoms with Crippen LogP contribution in [0.1, 0.15) is 22.7 Å². The largest absolute Gasteiger partial charge is 0.441 e. The molecule has 0 atom stereocenters. The van der Waals surface area contributed by atoms with Crippen molar-refractivity contribution in [3.63, 3.8) is 0 Å². The summed E-state index contributed by atoms with van der Waals surface area (Å²) in [6, 6.07) is 9.16. The van der Waals surface area contributed by atoms with Gasteiger partial charge in [0.2, 0.25) is 15.9 Å². The summed E-state index contributed by atoms with van der Waals surface area (Å²) in [5, 5.41) is 0. The average Bonchev–Trinajstić information content (AvgIpc) is 3.02. The third-order valence-electron chi connectivity index (χ3n) is 3.35. The third kappa shape index (κ3) is 2.44. The van der Waals surface area contributed by atoms with Crippen molar-refractivity contribution in [3.8, 4) is 11.5 Å². The first-order valence-electron chi connectivity index (χ1n) is 6.56. The molecular weight excluding hydrogens is 292 g/mol. The number of amides is 1. The van der Waals surface area contributed by atoms with Crippen LogP contribution in [0.5, 0.6) is 0 Å². The molecule has 2 heterocycles. The molecule has 0 spiro atoms. The van der Waals surface area contributed by atoms with Gasteiger partial charge in [-0.3, -0.25) is 4.79 Å². The van der Waals surface area contributed by atoms with E-state index in [-0.39, 0.29) is 18.0 Å². The molecule has 1 amide bonds. The highest BCUT2D eigenvalue weighted by molar-refractivity contribution is 7.89. The molecule has 1 fully saturated rings. The lowest BCUT2D eigenvalue weighted by molar-refractivity contribution is 0.0863. The van der Waals surface area contributed by atoms with Crippen LogP contribution in [0.25, 0.3) is 11.5 Å². The SMILES string of the molecule is Cc1oc(-c2ccccc2)nc1C(=O)N1CCCS1(=O)=O. The van der Waals surface area contributed by atoms with Gasteiger partial charge in [0.05, 0.1) is 5.75 Å². The zero-order valence-electron chi connectivity index (χ0n) is 11.4. The molecule has 0 aliphatic carbocycles. The van der Waals surface area contributed by atoms with Crippen molar-refractivity contribution in [2.75, 3.05) is 12.3 Å². The highest BCUT2D eigenvalue weighted by atomic mass is 32.2. The highest BCUT2D eigenvalue weighted by Gasteiger charge is 2.35. The van der Waals surface area contributed by atoms with Crippen LogP contribution in [0.2, 0.25) is 0 Å². The summed E-state index contributed by atoms with van der Waals surface area (Å²) in [4.78, 5) is 16.5. The summed E-state index contributed by atoms with van der Waals surface area (Å²) in [7, 11) is -3.50. The number of hydrogen-bond donors (Lipinski definition) is 0. The first-order chi connectivity index (χ1) is 9.99. The number of aryl methyl sites for hydroxylation is 1. The molecule has 0 N–H and O–H groups in total. The van der Waals surface area contributed by atoms with E-state index in [4.69, 9.17) is 4.42 Å². The maximum atomic E-state index is 12.4. The second kappa shape index (κ2) is 5.00. The molecule has 0 saturated carbocycles. The van der Waals surface area contributed by atoms with Crippen LogP contribution in [0.3, 0.4) is 0 Å². The van der Waals surface area contributed by atoms with Gasteiger partial charge in [-0.05, 0) is 25.5 Å². The number of benzene rings is 1. The second-order valence-corrected chi connectivity index (χ2v) is 6.85. The molecule has 6 nitrogen and oxygen atoms in total. The summed E-state index contributed by atoms with van der Waals surface area (Å²) in [6.45, 7) is 1.81. The maximum Gasteiger partial charge on any atom is 0.289 e. The lowest BCUT2D eigenvalue weighted by atomic mass is 10.2. The molecule has 110 valence electrons. The van der Waals surface area contributed by atoms with Gasteiger partial charge in [0.15, 0.2) is 5.69 Å². The first-order valence-corrected chi connectivity index (χ1v) is 8.17. The Morgan fingerprint density at radius 3 is 2.62 bits per heavy atom. The summed E-state index contributed by atoms with van der Waals surface area (Å²) in [6.07, 6.45) is 0.455. The Bertz CT molecular complexity index is 781. The van der Waals surface area contributed by atoms with Gasteiger partial charge >= 0.3 is 0 Å². The first kappa shape index (κ1) is 13.8. The smallest absolute Gasteiger partial charge is 0.289 e. The standard InChI is InChI=1S/C14H14N2O4S/c1-10-12(14(17)16-8-5-9-21(16,18)19)15-13(20-10)11-6-3-2-4-7-11/h2-4,6-7H,5,8-9H2,1H3. The number of aromatic nitrogens is 1. The lowest BCUT2D eigenvalue weighted by Crippen LogP contribution is -2.33. The van der Waals surface area contributed by atoms with Gasteiger partial charge in [-0.25, -0.2) is 17.7 Å². The summed E-state index contributed by atoms with van der Waals surface area (Å²) >= 11 is 0. The summed E-state index contributed by atoms with van der Waals surface area (Å²) < 4.78 is 30.0. The van der Waals surface area contributed by atoms with Gasteiger partial charge in [-0.2, -0.15) is 0 Å². The highest BCUT2D eigenvalue weighted by Crippen LogP contribution is 2.24. The molecule has 1 aromatic heterocycles. The van der Waals surface area contributed by atoms with Crippen LogP contribution >= 0.6 is 0 Å². The van der Waals surface area contributed by atoms with E-state index >= 15 is 0 Å². The van der Waals surface area contributed by atoms with Crippen LogP contribution in [0.15, 0.2) is 34.7 Å². The van der Waals surface area contributed by atoms with E-state index in [0.29, 0.717) is 18.1 Å². The Kier molecular flexibility index (Phi) is 3.29. The van der Waals surface area contributed by atoms with E-state index in [1.54, 1.807) is 6.92 Å². The number of oxazole rings is 1. The Morgan fingerprint density at radius 1 is 1.29 bits per heavy atom. The topological polar surface area (TPSA) is 80.5 Å². The number of rotatable bonds is 2. The van der Waals surface area contributed by atoms with Crippen LogP contribution < -0.4 is 0 Å². The molecule has 1 saturated heterocycles. The Morgan fingerprint density at radius 2 is 2.00 bits per heavy atom. The van der Waals surface area contributed by atoms with Gasteiger partial charge < -0.3 is 4.42 Å². The monoisotopic (exact) mass is 306 g/mol. The quantitative estimate of drug-likeness (QED) is 0.845. The van der Waals surface area contributed by atoms with E-state index < -0.39 is 15.9 Å². The van der Waals surface area contributed by atoms with Crippen molar-refractivity contribution >= 4 is 15.9 Å². The minimum Gasteiger partial charge on any atom is -0.441 e. The van der Waals surface area contributed by atoms with Gasteiger partial charge in [-0.1, -0.05) is 18.2 Å². The van der Waals surface area contributed by atoms with Crippen LogP contribution in [0, 0.1) is 6.92 Å². The molecule has 2 aromatic rings. The molecule has 7 heteroatoms. The molecular formula is C14H14N2O4S. The molecule has 0 bridgehead atoms. The Labute approximate surface area is 122 Å². The fraction of sp³-hybridized carbons (Fsp3) is 0.286. The van der Waals surface area contributed by atoms with Crippen molar-refractivity contribution in [2.24, 2.45) is 0 Å². The number of sulfonamides is 1. The van der Waals surface area contributed by atoms with Gasteiger partial charge in [0.1, 0.15) is 5.76 Å². The lowest BCUT2D eigenvalue weighted by Gasteiger charge is -2.12. The summed E-state index contributed by atoms with van der Waals surface area (Å²) in [5.41, 5.74) is 0.795. The molecule has 3 rings (SSSR count). The fourth-order valence-corrected chi connectivity index (χ4v) is 3.75. The number of hydrogen-bond acceptors (Lipinski definition) is 5. The second-order valence-electron chi connectivity index (χ2n) is 4.84. The molecule has 1 aliphatic heterocycles. The normalized spacial score (nSPS) is 17.1. The van der Waals surface area contributed by atoms with E-state index in [9.17, 15) is 13.2 Å². The molecule has 1 aromatic carbocycles. The van der Waals surface area contributed by atoms with Crippen molar-refractivity contribution in [3.05, 3.63) is 41.8 Å². The van der Waals surface area contributed by atoms with Crippen LogP contribution in [-0.2, 0) is 10.0 Å². The van der Waals surface area contributed by atoms with Crippen molar-refractivity contribution in [1.29, 1.82) is 0 Å². The molecule has 21 heavy (non-hydrogen) atoms. The van der Waals surface area contributed by atoms with E-state index in [2.05, 4.69) is 4.98 Å². The number of nitrogens with zero attached hydrogens (tertiary/aromatic N) is 2. The van der Waals surface area contributed by atoms with Crippen LogP contribution in [0.4, 0.5) is 0 Å². The van der Waals surface area contributed by atoms with Crippen LogP contribution in [-0.4, -0.2) is 35.9 Å². The van der Waals surface area contributed by atoms with Crippen molar-refractivity contribution in [1.82, 2.24) is 9.29 Å². The molecule has 0 unspecified atom stereocenters.